The Morgan fingerprint density at radius 1 is 0.700 bits per heavy atom. The second-order valence-electron chi connectivity index (χ2n) is 6.20. The first-order valence-corrected chi connectivity index (χ1v) is 10.3. The van der Waals surface area contributed by atoms with E-state index in [-0.39, 0.29) is 56.6 Å². The average Bonchev–Trinajstić information content (AvgIpc) is 2.62. The Morgan fingerprint density at radius 3 is 1.27 bits per heavy atom. The number of rotatable bonds is 8. The van der Waals surface area contributed by atoms with E-state index in [0.29, 0.717) is 12.8 Å². The third-order valence-electron chi connectivity index (χ3n) is 3.80. The van der Waals surface area contributed by atoms with E-state index >= 15 is 0 Å². The first kappa shape index (κ1) is 24.4. The van der Waals surface area contributed by atoms with E-state index in [2.05, 4.69) is 10.2 Å². The predicted octanol–water partition coefficient (Wildman–Crippen LogP) is 6.93. The van der Waals surface area contributed by atoms with Gasteiger partial charge in [-0.15, -0.1) is 10.2 Å². The number of carbonyl (C=O) groups excluding carboxylic acids is 2. The van der Waals surface area contributed by atoms with Crippen LogP contribution in [0.25, 0.3) is 0 Å². The van der Waals surface area contributed by atoms with Crippen molar-refractivity contribution in [3.05, 3.63) is 55.5 Å². The number of carbonyl (C=O) groups is 2. The van der Waals surface area contributed by atoms with E-state index in [9.17, 15) is 9.59 Å². The van der Waals surface area contributed by atoms with Gasteiger partial charge in [-0.3, -0.25) is 9.59 Å². The van der Waals surface area contributed by atoms with Crippen LogP contribution in [0.3, 0.4) is 0 Å². The highest BCUT2D eigenvalue weighted by Gasteiger charge is 2.12. The molecule has 0 amide bonds. The van der Waals surface area contributed by atoms with Crippen LogP contribution in [-0.2, 0) is 31.9 Å². The lowest BCUT2D eigenvalue weighted by atomic mass is 10.1. The second-order valence-corrected chi connectivity index (χ2v) is 7.83. The van der Waals surface area contributed by atoms with Gasteiger partial charge in [-0.1, -0.05) is 46.4 Å². The summed E-state index contributed by atoms with van der Waals surface area (Å²) in [4.78, 5) is 21.7. The molecule has 0 aliphatic carbocycles. The van der Waals surface area contributed by atoms with E-state index in [4.69, 9.17) is 55.9 Å². The molecule has 0 saturated heterocycles. The van der Waals surface area contributed by atoms with Crippen LogP contribution in [0.5, 0.6) is 0 Å². The summed E-state index contributed by atoms with van der Waals surface area (Å²) in [6, 6.07) is 6.69. The van der Waals surface area contributed by atoms with Crippen LogP contribution < -0.4 is 0 Å². The fraction of sp³-hybridized carbons (Fsp3) is 0.300. The van der Waals surface area contributed by atoms with E-state index < -0.39 is 0 Å². The number of ether oxygens (including phenoxy) is 2. The van der Waals surface area contributed by atoms with Crippen molar-refractivity contribution in [2.45, 2.75) is 26.7 Å². The van der Waals surface area contributed by atoms with Crippen LogP contribution in [0, 0.1) is 0 Å². The molecular formula is C20H18Cl4N2O4. The van der Waals surface area contributed by atoms with E-state index in [1.54, 1.807) is 24.3 Å². The molecular weight excluding hydrogens is 474 g/mol. The fourth-order valence-electron chi connectivity index (χ4n) is 2.44. The second kappa shape index (κ2) is 11.5. The van der Waals surface area contributed by atoms with Crippen molar-refractivity contribution in [3.63, 3.8) is 0 Å². The molecule has 0 aliphatic rings. The molecule has 0 bridgehead atoms. The zero-order valence-corrected chi connectivity index (χ0v) is 19.2. The average molecular weight is 492 g/mol. The Hall–Kier alpha value is -1.86. The summed E-state index contributed by atoms with van der Waals surface area (Å²) in [6.45, 7) is 3.12. The SMILES string of the molecule is CC(=O)OCCc1cc(Cl)c(N=Nc2c(Cl)cc(CCOC(C)=O)cc2Cl)c(Cl)c1. The summed E-state index contributed by atoms with van der Waals surface area (Å²) in [6.07, 6.45) is 0.922. The maximum absolute atomic E-state index is 10.9. The largest absolute Gasteiger partial charge is 0.466 e. The van der Waals surface area contributed by atoms with E-state index in [0.717, 1.165) is 11.1 Å². The minimum atomic E-state index is -0.358. The highest BCUT2D eigenvalue weighted by molar-refractivity contribution is 6.39. The van der Waals surface area contributed by atoms with Crippen LogP contribution in [-0.4, -0.2) is 25.2 Å². The Bertz CT molecular complexity index is 856. The van der Waals surface area contributed by atoms with Crippen molar-refractivity contribution in [3.8, 4) is 0 Å². The Labute approximate surface area is 194 Å². The lowest BCUT2D eigenvalue weighted by Crippen LogP contribution is -2.03. The van der Waals surface area contributed by atoms with Crippen LogP contribution in [0.4, 0.5) is 11.4 Å². The number of hydrogen-bond donors (Lipinski definition) is 0. The number of benzene rings is 2. The molecule has 10 heteroatoms. The van der Waals surface area contributed by atoms with Gasteiger partial charge in [-0.2, -0.15) is 0 Å². The van der Waals surface area contributed by atoms with E-state index in [1.807, 2.05) is 0 Å². The molecule has 0 spiro atoms. The van der Waals surface area contributed by atoms with Gasteiger partial charge in [0.15, 0.2) is 0 Å². The highest BCUT2D eigenvalue weighted by atomic mass is 35.5. The van der Waals surface area contributed by atoms with Crippen molar-refractivity contribution in [2.24, 2.45) is 10.2 Å². The minimum Gasteiger partial charge on any atom is -0.466 e. The van der Waals surface area contributed by atoms with Gasteiger partial charge >= 0.3 is 11.9 Å². The van der Waals surface area contributed by atoms with Gasteiger partial charge in [-0.25, -0.2) is 0 Å². The first-order valence-electron chi connectivity index (χ1n) is 8.81. The fourth-order valence-corrected chi connectivity index (χ4v) is 3.66. The highest BCUT2D eigenvalue weighted by Crippen LogP contribution is 2.39. The van der Waals surface area contributed by atoms with Crippen molar-refractivity contribution in [2.75, 3.05) is 13.2 Å². The molecule has 0 heterocycles. The van der Waals surface area contributed by atoms with Gasteiger partial charge < -0.3 is 9.47 Å². The normalized spacial score (nSPS) is 11.0. The Kier molecular flexibility index (Phi) is 9.37. The molecule has 0 radical (unpaired) electrons. The summed E-state index contributed by atoms with van der Waals surface area (Å²) in [5, 5.41) is 9.34. The first-order chi connectivity index (χ1) is 14.2. The minimum absolute atomic E-state index is 0.220. The van der Waals surface area contributed by atoms with Gasteiger partial charge in [0.25, 0.3) is 0 Å². The molecule has 0 aromatic heterocycles. The summed E-state index contributed by atoms with van der Waals surface area (Å²) in [5.41, 5.74) is 2.11. The van der Waals surface area contributed by atoms with Crippen LogP contribution in [0.2, 0.25) is 20.1 Å². The Balaban J connectivity index is 2.16. The summed E-state index contributed by atoms with van der Waals surface area (Å²) < 4.78 is 9.82. The molecule has 160 valence electrons. The molecule has 0 aliphatic heterocycles. The van der Waals surface area contributed by atoms with Crippen molar-refractivity contribution in [1.82, 2.24) is 0 Å². The lowest BCUT2D eigenvalue weighted by molar-refractivity contribution is -0.141. The standard InChI is InChI=1S/C20H18Cl4N2O4/c1-11(27)29-5-3-13-7-15(21)19(16(22)8-13)25-26-20-17(23)9-14(10-18(20)24)4-6-30-12(2)28/h7-10H,3-6H2,1-2H3. The molecule has 6 nitrogen and oxygen atoms in total. The van der Waals surface area contributed by atoms with Crippen LogP contribution >= 0.6 is 46.4 Å². The quantitative estimate of drug-likeness (QED) is 0.296. The molecule has 0 fully saturated rings. The zero-order chi connectivity index (χ0) is 22.3. The van der Waals surface area contributed by atoms with Crippen molar-refractivity contribution in [1.29, 1.82) is 0 Å². The zero-order valence-electron chi connectivity index (χ0n) is 16.2. The van der Waals surface area contributed by atoms with Crippen LogP contribution in [0.1, 0.15) is 25.0 Å². The summed E-state index contributed by atoms with van der Waals surface area (Å²) in [5.74, 6) is -0.715. The monoisotopic (exact) mass is 490 g/mol. The smallest absolute Gasteiger partial charge is 0.302 e. The number of azo groups is 1. The number of nitrogens with zero attached hydrogens (tertiary/aromatic N) is 2. The van der Waals surface area contributed by atoms with Gasteiger partial charge in [0.1, 0.15) is 11.4 Å². The molecule has 0 unspecified atom stereocenters. The number of halogens is 4. The van der Waals surface area contributed by atoms with Gasteiger partial charge in [0.05, 0.1) is 33.3 Å². The van der Waals surface area contributed by atoms with Crippen molar-refractivity contribution < 1.29 is 19.1 Å². The maximum Gasteiger partial charge on any atom is 0.302 e. The molecule has 2 rings (SSSR count). The third-order valence-corrected chi connectivity index (χ3v) is 4.95. The lowest BCUT2D eigenvalue weighted by Gasteiger charge is -2.08. The third kappa shape index (κ3) is 7.43. The van der Waals surface area contributed by atoms with Gasteiger partial charge in [0.2, 0.25) is 0 Å². The molecule has 0 atom stereocenters. The van der Waals surface area contributed by atoms with Gasteiger partial charge in [-0.05, 0) is 35.4 Å². The molecule has 2 aromatic carbocycles. The van der Waals surface area contributed by atoms with E-state index in [1.165, 1.54) is 13.8 Å². The topological polar surface area (TPSA) is 77.3 Å². The van der Waals surface area contributed by atoms with Crippen molar-refractivity contribution >= 4 is 69.7 Å². The number of hydrogen-bond acceptors (Lipinski definition) is 6. The number of esters is 2. The summed E-state index contributed by atoms with van der Waals surface area (Å²) in [7, 11) is 0. The van der Waals surface area contributed by atoms with Gasteiger partial charge in [0, 0.05) is 26.7 Å². The summed E-state index contributed by atoms with van der Waals surface area (Å²) >= 11 is 25.1. The molecule has 0 N–H and O–H groups in total. The maximum atomic E-state index is 10.9. The molecule has 2 aromatic rings. The Morgan fingerprint density at radius 2 is 1.00 bits per heavy atom. The molecule has 30 heavy (non-hydrogen) atoms. The predicted molar refractivity (Wildman–Crippen MR) is 118 cm³/mol. The molecule has 0 saturated carbocycles. The van der Waals surface area contributed by atoms with Crippen LogP contribution in [0.15, 0.2) is 34.5 Å².